The van der Waals surface area contributed by atoms with Crippen molar-refractivity contribution in [2.45, 2.75) is 50.2 Å². The Morgan fingerprint density at radius 2 is 1.95 bits per heavy atom. The predicted octanol–water partition coefficient (Wildman–Crippen LogP) is 2.46. The molecule has 0 aromatic heterocycles. The third kappa shape index (κ3) is 3.01. The molecule has 116 valence electrons. The molecule has 0 saturated carbocycles. The van der Waals surface area contributed by atoms with Crippen molar-refractivity contribution in [3.05, 3.63) is 35.9 Å². The van der Waals surface area contributed by atoms with Crippen molar-refractivity contribution in [2.24, 2.45) is 0 Å². The van der Waals surface area contributed by atoms with E-state index in [0.29, 0.717) is 6.04 Å². The van der Waals surface area contributed by atoms with Crippen LogP contribution in [-0.2, 0) is 10.2 Å². The van der Waals surface area contributed by atoms with Crippen LogP contribution >= 0.6 is 0 Å². The minimum atomic E-state index is 0.157. The second kappa shape index (κ2) is 6.91. The fourth-order valence-electron chi connectivity index (χ4n) is 4.19. The molecule has 0 spiro atoms. The van der Waals surface area contributed by atoms with Gasteiger partial charge in [-0.2, -0.15) is 0 Å². The molecule has 0 amide bonds. The van der Waals surface area contributed by atoms with Crippen LogP contribution in [0.2, 0.25) is 0 Å². The fourth-order valence-corrected chi connectivity index (χ4v) is 4.19. The van der Waals surface area contributed by atoms with E-state index in [4.69, 9.17) is 4.74 Å². The van der Waals surface area contributed by atoms with Crippen LogP contribution in [-0.4, -0.2) is 38.4 Å². The average Bonchev–Trinajstić information content (AvgIpc) is 3.08. The highest BCUT2D eigenvalue weighted by Gasteiger charge is 2.46. The molecule has 2 N–H and O–H groups in total. The summed E-state index contributed by atoms with van der Waals surface area (Å²) >= 11 is 0. The molecule has 3 rings (SSSR count). The zero-order valence-corrected chi connectivity index (χ0v) is 13.1. The third-order valence-electron chi connectivity index (χ3n) is 5.20. The number of nitrogens with one attached hydrogen (secondary N) is 2. The molecule has 1 aromatic rings. The maximum absolute atomic E-state index is 6.33. The summed E-state index contributed by atoms with van der Waals surface area (Å²) in [6.45, 7) is 6.24. The summed E-state index contributed by atoms with van der Waals surface area (Å²) in [5, 5.41) is 7.21. The van der Waals surface area contributed by atoms with E-state index in [0.717, 1.165) is 26.2 Å². The first-order chi connectivity index (χ1) is 10.4. The van der Waals surface area contributed by atoms with Crippen molar-refractivity contribution in [1.82, 2.24) is 10.6 Å². The molecule has 1 aromatic carbocycles. The van der Waals surface area contributed by atoms with Crippen LogP contribution in [0, 0.1) is 0 Å². The van der Waals surface area contributed by atoms with Gasteiger partial charge in [0, 0.05) is 18.1 Å². The summed E-state index contributed by atoms with van der Waals surface area (Å²) in [5.41, 5.74) is 1.61. The topological polar surface area (TPSA) is 33.3 Å². The molecular weight excluding hydrogens is 260 g/mol. The molecule has 2 aliphatic rings. The van der Waals surface area contributed by atoms with E-state index in [2.05, 4.69) is 47.9 Å². The van der Waals surface area contributed by atoms with Crippen LogP contribution in [0.5, 0.6) is 0 Å². The lowest BCUT2D eigenvalue weighted by Gasteiger charge is -2.46. The standard InChI is InChI=1S/C18H28N2O/c1-2-21-17(16-9-6-12-20-16)18(10-13-19-14-11-18)15-7-4-3-5-8-15/h3-5,7-8,16-17,19-20H,2,6,9-14H2,1H3. The van der Waals surface area contributed by atoms with Crippen molar-refractivity contribution < 1.29 is 4.74 Å². The summed E-state index contributed by atoms with van der Waals surface area (Å²) in [6, 6.07) is 11.6. The van der Waals surface area contributed by atoms with Crippen molar-refractivity contribution in [3.63, 3.8) is 0 Å². The average molecular weight is 288 g/mol. The maximum Gasteiger partial charge on any atom is 0.0825 e. The van der Waals surface area contributed by atoms with Gasteiger partial charge in [0.1, 0.15) is 0 Å². The van der Waals surface area contributed by atoms with Gasteiger partial charge in [0.25, 0.3) is 0 Å². The second-order valence-electron chi connectivity index (χ2n) is 6.35. The van der Waals surface area contributed by atoms with Gasteiger partial charge in [0.05, 0.1) is 6.10 Å². The Morgan fingerprint density at radius 1 is 1.19 bits per heavy atom. The predicted molar refractivity (Wildman–Crippen MR) is 86.7 cm³/mol. The van der Waals surface area contributed by atoms with Gasteiger partial charge in [-0.15, -0.1) is 0 Å². The second-order valence-corrected chi connectivity index (χ2v) is 6.35. The van der Waals surface area contributed by atoms with E-state index in [-0.39, 0.29) is 11.5 Å². The van der Waals surface area contributed by atoms with Crippen molar-refractivity contribution in [3.8, 4) is 0 Å². The Morgan fingerprint density at radius 3 is 2.57 bits per heavy atom. The maximum atomic E-state index is 6.33. The highest BCUT2D eigenvalue weighted by atomic mass is 16.5. The monoisotopic (exact) mass is 288 g/mol. The van der Waals surface area contributed by atoms with Gasteiger partial charge in [-0.05, 0) is 57.8 Å². The first-order valence-electron chi connectivity index (χ1n) is 8.48. The molecular formula is C18H28N2O. The first-order valence-corrected chi connectivity index (χ1v) is 8.48. The zero-order valence-electron chi connectivity index (χ0n) is 13.1. The molecule has 2 aliphatic heterocycles. The zero-order chi connectivity index (χ0) is 14.5. The van der Waals surface area contributed by atoms with Gasteiger partial charge in [0.2, 0.25) is 0 Å². The van der Waals surface area contributed by atoms with E-state index >= 15 is 0 Å². The van der Waals surface area contributed by atoms with Crippen LogP contribution in [0.1, 0.15) is 38.2 Å². The van der Waals surface area contributed by atoms with Gasteiger partial charge < -0.3 is 15.4 Å². The quantitative estimate of drug-likeness (QED) is 0.873. The molecule has 2 saturated heterocycles. The Kier molecular flexibility index (Phi) is 4.94. The molecule has 3 heteroatoms. The molecule has 2 unspecified atom stereocenters. The largest absolute Gasteiger partial charge is 0.376 e. The highest BCUT2D eigenvalue weighted by molar-refractivity contribution is 5.29. The molecule has 0 radical (unpaired) electrons. The van der Waals surface area contributed by atoms with Gasteiger partial charge in [-0.3, -0.25) is 0 Å². The van der Waals surface area contributed by atoms with Crippen LogP contribution in [0.15, 0.2) is 30.3 Å². The Hall–Kier alpha value is -0.900. The van der Waals surface area contributed by atoms with Crippen LogP contribution < -0.4 is 10.6 Å². The number of benzene rings is 1. The minimum absolute atomic E-state index is 0.157. The molecule has 2 fully saturated rings. The van der Waals surface area contributed by atoms with Gasteiger partial charge in [0.15, 0.2) is 0 Å². The number of hydrogen-bond acceptors (Lipinski definition) is 3. The van der Waals surface area contributed by atoms with Crippen LogP contribution in [0.25, 0.3) is 0 Å². The highest BCUT2D eigenvalue weighted by Crippen LogP contribution is 2.41. The summed E-state index contributed by atoms with van der Waals surface area (Å²) in [7, 11) is 0. The fraction of sp³-hybridized carbons (Fsp3) is 0.667. The normalized spacial score (nSPS) is 26.6. The molecule has 21 heavy (non-hydrogen) atoms. The van der Waals surface area contributed by atoms with Gasteiger partial charge >= 0.3 is 0 Å². The van der Waals surface area contributed by atoms with Crippen molar-refractivity contribution >= 4 is 0 Å². The van der Waals surface area contributed by atoms with Gasteiger partial charge in [-0.25, -0.2) is 0 Å². The molecule has 0 aliphatic carbocycles. The van der Waals surface area contributed by atoms with Crippen LogP contribution in [0.3, 0.4) is 0 Å². The first kappa shape index (κ1) is 15.0. The number of piperidine rings is 1. The van der Waals surface area contributed by atoms with Crippen molar-refractivity contribution in [2.75, 3.05) is 26.2 Å². The lowest BCUT2D eigenvalue weighted by molar-refractivity contribution is -0.0307. The minimum Gasteiger partial charge on any atom is -0.376 e. The van der Waals surface area contributed by atoms with Gasteiger partial charge in [-0.1, -0.05) is 30.3 Å². The summed E-state index contributed by atoms with van der Waals surface area (Å²) in [6.07, 6.45) is 5.14. The number of ether oxygens (including phenoxy) is 1. The van der Waals surface area contributed by atoms with E-state index in [9.17, 15) is 0 Å². The van der Waals surface area contributed by atoms with E-state index < -0.39 is 0 Å². The van der Waals surface area contributed by atoms with E-state index in [1.165, 1.54) is 31.2 Å². The Bertz CT molecular complexity index is 422. The van der Waals surface area contributed by atoms with Crippen molar-refractivity contribution in [1.29, 1.82) is 0 Å². The van der Waals surface area contributed by atoms with E-state index in [1.54, 1.807) is 0 Å². The Balaban J connectivity index is 1.95. The lowest BCUT2D eigenvalue weighted by atomic mass is 9.67. The molecule has 2 atom stereocenters. The SMILES string of the molecule is CCOC(C1CCCN1)C1(c2ccccc2)CCNCC1. The van der Waals surface area contributed by atoms with Crippen LogP contribution in [0.4, 0.5) is 0 Å². The summed E-state index contributed by atoms with van der Waals surface area (Å²) in [5.74, 6) is 0. The molecule has 0 bridgehead atoms. The molecule has 3 nitrogen and oxygen atoms in total. The number of rotatable bonds is 5. The third-order valence-corrected chi connectivity index (χ3v) is 5.20. The smallest absolute Gasteiger partial charge is 0.0825 e. The number of hydrogen-bond donors (Lipinski definition) is 2. The van der Waals surface area contributed by atoms with E-state index in [1.807, 2.05) is 0 Å². The Labute approximate surface area is 128 Å². The molecule has 2 heterocycles. The summed E-state index contributed by atoms with van der Waals surface area (Å²) in [4.78, 5) is 0. The summed E-state index contributed by atoms with van der Waals surface area (Å²) < 4.78 is 6.33. The lowest BCUT2D eigenvalue weighted by Crippen LogP contribution is -2.55.